The van der Waals surface area contributed by atoms with Crippen LogP contribution < -0.4 is 14.8 Å². The van der Waals surface area contributed by atoms with Crippen LogP contribution in [0.1, 0.15) is 25.0 Å². The van der Waals surface area contributed by atoms with Gasteiger partial charge in [0.2, 0.25) is 0 Å². The van der Waals surface area contributed by atoms with E-state index < -0.39 is 0 Å². The molecule has 3 nitrogen and oxygen atoms in total. The predicted octanol–water partition coefficient (Wildman–Crippen LogP) is 5.66. The van der Waals surface area contributed by atoms with Gasteiger partial charge in [-0.25, -0.2) is 0 Å². The van der Waals surface area contributed by atoms with Crippen molar-refractivity contribution in [2.24, 2.45) is 0 Å². The lowest BCUT2D eigenvalue weighted by Gasteiger charge is -2.12. The lowest BCUT2D eigenvalue weighted by atomic mass is 10.2. The second-order valence-electron chi connectivity index (χ2n) is 6.47. The van der Waals surface area contributed by atoms with Crippen LogP contribution in [0.15, 0.2) is 78.9 Å². The van der Waals surface area contributed by atoms with Gasteiger partial charge in [0.25, 0.3) is 0 Å². The molecule has 0 saturated heterocycles. The molecule has 0 aliphatic carbocycles. The van der Waals surface area contributed by atoms with Crippen LogP contribution in [-0.4, -0.2) is 6.10 Å². The molecule has 134 valence electrons. The third-order valence-electron chi connectivity index (χ3n) is 3.87. The lowest BCUT2D eigenvalue weighted by Crippen LogP contribution is -2.05. The van der Waals surface area contributed by atoms with E-state index in [0.717, 1.165) is 29.3 Å². The van der Waals surface area contributed by atoms with Crippen molar-refractivity contribution in [1.82, 2.24) is 0 Å². The monoisotopic (exact) mass is 347 g/mol. The predicted molar refractivity (Wildman–Crippen MR) is 107 cm³/mol. The lowest BCUT2D eigenvalue weighted by molar-refractivity contribution is 0.242. The van der Waals surface area contributed by atoms with E-state index in [4.69, 9.17) is 9.47 Å². The minimum absolute atomic E-state index is 0.192. The number of rotatable bonds is 8. The molecule has 0 bridgehead atoms. The molecule has 0 heterocycles. The van der Waals surface area contributed by atoms with E-state index in [-0.39, 0.29) is 6.10 Å². The van der Waals surface area contributed by atoms with Crippen molar-refractivity contribution >= 4 is 5.69 Å². The molecule has 0 saturated carbocycles. The van der Waals surface area contributed by atoms with E-state index in [2.05, 4.69) is 29.6 Å². The number of hydrogen-bond donors (Lipinski definition) is 1. The highest BCUT2D eigenvalue weighted by Crippen LogP contribution is 2.20. The molecule has 1 N–H and O–H groups in total. The molecular formula is C23H25NO2. The number of nitrogens with one attached hydrogen (secondary N) is 1. The Balaban J connectivity index is 1.53. The van der Waals surface area contributed by atoms with E-state index in [1.165, 1.54) is 5.56 Å². The first-order valence-electron chi connectivity index (χ1n) is 8.95. The SMILES string of the molecule is CC(C)Oc1ccc(CNc2cccc(OCc3ccccc3)c2)cc1. The van der Waals surface area contributed by atoms with Crippen LogP contribution in [0.5, 0.6) is 11.5 Å². The molecule has 3 aromatic rings. The summed E-state index contributed by atoms with van der Waals surface area (Å²) in [7, 11) is 0. The summed E-state index contributed by atoms with van der Waals surface area (Å²) in [5.74, 6) is 1.76. The maximum absolute atomic E-state index is 5.88. The van der Waals surface area contributed by atoms with E-state index in [9.17, 15) is 0 Å². The van der Waals surface area contributed by atoms with Gasteiger partial charge < -0.3 is 14.8 Å². The molecule has 0 atom stereocenters. The van der Waals surface area contributed by atoms with Crippen molar-refractivity contribution in [3.63, 3.8) is 0 Å². The molecule has 0 amide bonds. The van der Waals surface area contributed by atoms with Gasteiger partial charge in [0.15, 0.2) is 0 Å². The molecule has 0 aliphatic heterocycles. The first kappa shape index (κ1) is 17.9. The molecular weight excluding hydrogens is 322 g/mol. The van der Waals surface area contributed by atoms with Gasteiger partial charge >= 0.3 is 0 Å². The van der Waals surface area contributed by atoms with Gasteiger partial charge in [0.05, 0.1) is 6.10 Å². The van der Waals surface area contributed by atoms with E-state index in [1.54, 1.807) is 0 Å². The average molecular weight is 347 g/mol. The maximum Gasteiger partial charge on any atom is 0.121 e. The first-order valence-corrected chi connectivity index (χ1v) is 8.95. The number of anilines is 1. The molecule has 0 fully saturated rings. The largest absolute Gasteiger partial charge is 0.491 e. The fourth-order valence-electron chi connectivity index (χ4n) is 2.60. The normalized spacial score (nSPS) is 10.6. The summed E-state index contributed by atoms with van der Waals surface area (Å²) < 4.78 is 11.6. The molecule has 3 rings (SSSR count). The van der Waals surface area contributed by atoms with Crippen molar-refractivity contribution in [2.45, 2.75) is 33.1 Å². The standard InChI is InChI=1S/C23H25NO2/c1-18(2)26-22-13-11-19(12-14-22)16-24-21-9-6-10-23(15-21)25-17-20-7-4-3-5-8-20/h3-15,18,24H,16-17H2,1-2H3. The van der Waals surface area contributed by atoms with Crippen LogP contribution in [0, 0.1) is 0 Å². The molecule has 3 aromatic carbocycles. The zero-order chi connectivity index (χ0) is 18.2. The Bertz CT molecular complexity index is 798. The van der Waals surface area contributed by atoms with Crippen molar-refractivity contribution in [2.75, 3.05) is 5.32 Å². The summed E-state index contributed by atoms with van der Waals surface area (Å²) in [6.07, 6.45) is 0.192. The van der Waals surface area contributed by atoms with E-state index in [0.29, 0.717) is 6.61 Å². The quantitative estimate of drug-likeness (QED) is 0.570. The summed E-state index contributed by atoms with van der Waals surface area (Å²) in [6, 6.07) is 26.4. The van der Waals surface area contributed by atoms with Gasteiger partial charge in [-0.05, 0) is 49.2 Å². The molecule has 0 aromatic heterocycles. The zero-order valence-electron chi connectivity index (χ0n) is 15.3. The molecule has 26 heavy (non-hydrogen) atoms. The fraction of sp³-hybridized carbons (Fsp3) is 0.217. The summed E-state index contributed by atoms with van der Waals surface area (Å²) in [4.78, 5) is 0. The summed E-state index contributed by atoms with van der Waals surface area (Å²) in [5, 5.41) is 3.44. The minimum atomic E-state index is 0.192. The average Bonchev–Trinajstić information content (AvgIpc) is 2.67. The van der Waals surface area contributed by atoms with Gasteiger partial charge in [0.1, 0.15) is 18.1 Å². The molecule has 0 radical (unpaired) electrons. The second-order valence-corrected chi connectivity index (χ2v) is 6.47. The van der Waals surface area contributed by atoms with Crippen LogP contribution in [0.3, 0.4) is 0 Å². The maximum atomic E-state index is 5.88. The van der Waals surface area contributed by atoms with Crippen molar-refractivity contribution in [1.29, 1.82) is 0 Å². The summed E-state index contributed by atoms with van der Waals surface area (Å²) >= 11 is 0. The van der Waals surface area contributed by atoms with Gasteiger partial charge in [-0.3, -0.25) is 0 Å². The van der Waals surface area contributed by atoms with Crippen LogP contribution in [-0.2, 0) is 13.2 Å². The number of hydrogen-bond acceptors (Lipinski definition) is 3. The van der Waals surface area contributed by atoms with Crippen molar-refractivity contribution in [3.05, 3.63) is 90.0 Å². The van der Waals surface area contributed by atoms with Gasteiger partial charge in [-0.1, -0.05) is 48.5 Å². The highest BCUT2D eigenvalue weighted by Gasteiger charge is 2.01. The molecule has 0 unspecified atom stereocenters. The summed E-state index contributed by atoms with van der Waals surface area (Å²) in [5.41, 5.74) is 3.41. The zero-order valence-corrected chi connectivity index (χ0v) is 15.3. The molecule has 3 heteroatoms. The van der Waals surface area contributed by atoms with Crippen molar-refractivity contribution in [3.8, 4) is 11.5 Å². The minimum Gasteiger partial charge on any atom is -0.491 e. The third kappa shape index (κ3) is 5.55. The summed E-state index contributed by atoms with van der Waals surface area (Å²) in [6.45, 7) is 5.39. The van der Waals surface area contributed by atoms with Gasteiger partial charge in [0, 0.05) is 18.3 Å². The smallest absolute Gasteiger partial charge is 0.121 e. The van der Waals surface area contributed by atoms with Gasteiger partial charge in [-0.2, -0.15) is 0 Å². The third-order valence-corrected chi connectivity index (χ3v) is 3.87. The van der Waals surface area contributed by atoms with E-state index in [1.807, 2.05) is 68.4 Å². The Kier molecular flexibility index (Phi) is 6.15. The Morgan fingerprint density at radius 3 is 2.27 bits per heavy atom. The Morgan fingerprint density at radius 2 is 1.54 bits per heavy atom. The molecule has 0 spiro atoms. The van der Waals surface area contributed by atoms with Crippen LogP contribution in [0.2, 0.25) is 0 Å². The van der Waals surface area contributed by atoms with E-state index >= 15 is 0 Å². The van der Waals surface area contributed by atoms with Crippen molar-refractivity contribution < 1.29 is 9.47 Å². The molecule has 0 aliphatic rings. The Labute approximate surface area is 155 Å². The Hall–Kier alpha value is -2.94. The first-order chi connectivity index (χ1) is 12.7. The van der Waals surface area contributed by atoms with Crippen LogP contribution >= 0.6 is 0 Å². The van der Waals surface area contributed by atoms with Crippen LogP contribution in [0.4, 0.5) is 5.69 Å². The van der Waals surface area contributed by atoms with Crippen LogP contribution in [0.25, 0.3) is 0 Å². The number of benzene rings is 3. The van der Waals surface area contributed by atoms with Gasteiger partial charge in [-0.15, -0.1) is 0 Å². The second kappa shape index (κ2) is 8.95. The number of ether oxygens (including phenoxy) is 2. The highest BCUT2D eigenvalue weighted by molar-refractivity contribution is 5.48. The topological polar surface area (TPSA) is 30.5 Å². The highest BCUT2D eigenvalue weighted by atomic mass is 16.5. The Morgan fingerprint density at radius 1 is 0.769 bits per heavy atom. The fourth-order valence-corrected chi connectivity index (χ4v) is 2.60.